The highest BCUT2D eigenvalue weighted by atomic mass is 16.6. The normalized spacial score (nSPS) is 42.1. The van der Waals surface area contributed by atoms with Crippen LogP contribution in [0.15, 0.2) is 11.6 Å². The summed E-state index contributed by atoms with van der Waals surface area (Å²) in [6.07, 6.45) is 10.5. The van der Waals surface area contributed by atoms with Crippen LogP contribution in [0.5, 0.6) is 0 Å². The smallest absolute Gasteiger partial charge is 0.302 e. The standard InChI is InChI=1S/C29H46O5/c1-18(2)8-7-9-19(3)23-10-11-24(27(23,5)14-15-30)22-16-25-29(34-25)17-21(33-20(4)31)12-13-28(29,6)26(22)32/h16,18-19,21,23-25,30H,7-15,17H2,1-6H3/t19?,21-,23+,24-,25-,27+,28+,29-/m0/s1. The second kappa shape index (κ2) is 9.35. The minimum absolute atomic E-state index is 0.0653. The van der Waals surface area contributed by atoms with Gasteiger partial charge in [0.05, 0.1) is 5.41 Å². The fourth-order valence-corrected chi connectivity index (χ4v) is 8.13. The van der Waals surface area contributed by atoms with E-state index in [0.717, 1.165) is 30.8 Å². The number of epoxide rings is 1. The number of hydrogen-bond donors (Lipinski definition) is 1. The van der Waals surface area contributed by atoms with Crippen LogP contribution in [0.25, 0.3) is 0 Å². The van der Waals surface area contributed by atoms with E-state index in [4.69, 9.17) is 9.47 Å². The molecule has 0 bridgehead atoms. The number of allylic oxidation sites excluding steroid dienone is 1. The van der Waals surface area contributed by atoms with Crippen molar-refractivity contribution in [1.82, 2.24) is 0 Å². The minimum atomic E-state index is -0.556. The third-order valence-electron chi connectivity index (χ3n) is 10.2. The molecule has 4 aliphatic rings. The SMILES string of the molecule is CC(=O)O[C@H]1CC[C@]2(C)C(=O)C([C@@H]3CC[C@H](C(C)CCCC(C)C)[C@@]3(C)CCO)=C[C@@H]3O[C@@]32C1. The predicted molar refractivity (Wildman–Crippen MR) is 132 cm³/mol. The van der Waals surface area contributed by atoms with E-state index in [9.17, 15) is 14.7 Å². The molecule has 1 spiro atoms. The Bertz CT molecular complexity index is 832. The Morgan fingerprint density at radius 2 is 1.94 bits per heavy atom. The molecule has 4 rings (SSSR count). The summed E-state index contributed by atoms with van der Waals surface area (Å²) in [6, 6.07) is 0. The van der Waals surface area contributed by atoms with Crippen molar-refractivity contribution in [1.29, 1.82) is 0 Å². The van der Waals surface area contributed by atoms with E-state index in [-0.39, 0.29) is 41.9 Å². The van der Waals surface area contributed by atoms with Gasteiger partial charge in [-0.15, -0.1) is 0 Å². The van der Waals surface area contributed by atoms with Crippen molar-refractivity contribution < 1.29 is 24.2 Å². The van der Waals surface area contributed by atoms with E-state index in [0.29, 0.717) is 31.1 Å². The molecule has 2 saturated carbocycles. The second-order valence-corrected chi connectivity index (χ2v) is 12.7. The molecule has 5 heteroatoms. The number of carbonyl (C=O) groups excluding carboxylic acids is 2. The summed E-state index contributed by atoms with van der Waals surface area (Å²) in [5.41, 5.74) is -0.186. The molecule has 1 saturated heterocycles. The quantitative estimate of drug-likeness (QED) is 0.346. The van der Waals surface area contributed by atoms with Crippen LogP contribution in [0.2, 0.25) is 0 Å². The van der Waals surface area contributed by atoms with Gasteiger partial charge in [-0.2, -0.15) is 0 Å². The highest BCUT2D eigenvalue weighted by molar-refractivity contribution is 6.03. The van der Waals surface area contributed by atoms with E-state index in [1.54, 1.807) is 0 Å². The molecule has 0 aromatic heterocycles. The van der Waals surface area contributed by atoms with Crippen molar-refractivity contribution in [3.63, 3.8) is 0 Å². The number of aliphatic hydroxyl groups is 1. The van der Waals surface area contributed by atoms with E-state index in [2.05, 4.69) is 40.7 Å². The zero-order chi connectivity index (χ0) is 24.9. The maximum atomic E-state index is 14.1. The molecule has 34 heavy (non-hydrogen) atoms. The van der Waals surface area contributed by atoms with Gasteiger partial charge in [0.25, 0.3) is 0 Å². The summed E-state index contributed by atoms with van der Waals surface area (Å²) in [7, 11) is 0. The number of esters is 1. The summed E-state index contributed by atoms with van der Waals surface area (Å²) in [6.45, 7) is 13.0. The zero-order valence-electron chi connectivity index (χ0n) is 22.2. The van der Waals surface area contributed by atoms with Gasteiger partial charge in [0.15, 0.2) is 5.78 Å². The van der Waals surface area contributed by atoms with Crippen LogP contribution in [0, 0.1) is 34.5 Å². The summed E-state index contributed by atoms with van der Waals surface area (Å²) < 4.78 is 11.8. The number of ether oxygens (including phenoxy) is 2. The van der Waals surface area contributed by atoms with Gasteiger partial charge in [-0.1, -0.05) is 47.0 Å². The van der Waals surface area contributed by atoms with Gasteiger partial charge >= 0.3 is 5.97 Å². The van der Waals surface area contributed by atoms with Gasteiger partial charge in [-0.05, 0) is 79.8 Å². The number of hydrogen-bond acceptors (Lipinski definition) is 5. The van der Waals surface area contributed by atoms with Crippen molar-refractivity contribution >= 4 is 11.8 Å². The van der Waals surface area contributed by atoms with Gasteiger partial charge < -0.3 is 14.6 Å². The number of ketones is 1. The second-order valence-electron chi connectivity index (χ2n) is 12.7. The Morgan fingerprint density at radius 3 is 2.59 bits per heavy atom. The van der Waals surface area contributed by atoms with Crippen molar-refractivity contribution in [2.75, 3.05) is 6.61 Å². The molecule has 0 amide bonds. The lowest BCUT2D eigenvalue weighted by Crippen LogP contribution is -2.54. The lowest BCUT2D eigenvalue weighted by molar-refractivity contribution is -0.153. The molecule has 0 aromatic rings. The van der Waals surface area contributed by atoms with Gasteiger partial charge in [-0.25, -0.2) is 0 Å². The summed E-state index contributed by atoms with van der Waals surface area (Å²) in [5.74, 6) is 1.99. The number of aliphatic hydroxyl groups excluding tert-OH is 1. The third-order valence-corrected chi connectivity index (χ3v) is 10.2. The lowest BCUT2D eigenvalue weighted by atomic mass is 9.55. The maximum Gasteiger partial charge on any atom is 0.302 e. The first-order chi connectivity index (χ1) is 16.0. The zero-order valence-corrected chi connectivity index (χ0v) is 22.2. The Kier molecular flexibility index (Phi) is 7.12. The Hall–Kier alpha value is -1.20. The highest BCUT2D eigenvalue weighted by Crippen LogP contribution is 2.66. The van der Waals surface area contributed by atoms with Crippen molar-refractivity contribution in [3.8, 4) is 0 Å². The molecule has 1 aliphatic heterocycles. The minimum Gasteiger partial charge on any atom is -0.462 e. The maximum absolute atomic E-state index is 14.1. The summed E-state index contributed by atoms with van der Waals surface area (Å²) in [5, 5.41) is 10.1. The third kappa shape index (κ3) is 4.19. The molecule has 1 N–H and O–H groups in total. The molecule has 0 aromatic carbocycles. The Balaban J connectivity index is 1.56. The average Bonchev–Trinajstić information content (AvgIpc) is 3.34. The molecule has 5 nitrogen and oxygen atoms in total. The fourth-order valence-electron chi connectivity index (χ4n) is 8.13. The first kappa shape index (κ1) is 25.9. The van der Waals surface area contributed by atoms with Crippen LogP contribution < -0.4 is 0 Å². The van der Waals surface area contributed by atoms with Crippen LogP contribution in [0.3, 0.4) is 0 Å². The molecule has 3 aliphatic carbocycles. The highest BCUT2D eigenvalue weighted by Gasteiger charge is 2.74. The van der Waals surface area contributed by atoms with Gasteiger partial charge in [0, 0.05) is 20.0 Å². The van der Waals surface area contributed by atoms with Crippen LogP contribution in [0.4, 0.5) is 0 Å². The summed E-state index contributed by atoms with van der Waals surface area (Å²) >= 11 is 0. The monoisotopic (exact) mass is 474 g/mol. The molecule has 3 fully saturated rings. The average molecular weight is 475 g/mol. The van der Waals surface area contributed by atoms with Crippen molar-refractivity contribution in [2.45, 2.75) is 117 Å². The molecule has 192 valence electrons. The van der Waals surface area contributed by atoms with E-state index in [1.165, 1.54) is 26.2 Å². The molecule has 1 heterocycles. The molecular weight excluding hydrogens is 428 g/mol. The predicted octanol–water partition coefficient (Wildman–Crippen LogP) is 5.63. The van der Waals surface area contributed by atoms with Crippen molar-refractivity contribution in [2.24, 2.45) is 34.5 Å². The number of rotatable bonds is 9. The first-order valence-electron chi connectivity index (χ1n) is 13.7. The molecular formula is C29H46O5. The number of Topliss-reactive ketones (excluding diaryl/α,β-unsaturated/α-hetero) is 1. The first-order valence-corrected chi connectivity index (χ1v) is 13.7. The Labute approximate surface area is 206 Å². The van der Waals surface area contributed by atoms with Gasteiger partial charge in [0.1, 0.15) is 17.8 Å². The largest absolute Gasteiger partial charge is 0.462 e. The molecule has 0 radical (unpaired) electrons. The van der Waals surface area contributed by atoms with E-state index in [1.807, 2.05) is 0 Å². The van der Waals surface area contributed by atoms with Crippen LogP contribution in [0.1, 0.15) is 99.3 Å². The van der Waals surface area contributed by atoms with Crippen LogP contribution >= 0.6 is 0 Å². The van der Waals surface area contributed by atoms with Crippen molar-refractivity contribution in [3.05, 3.63) is 11.6 Å². The molecule has 8 atom stereocenters. The van der Waals surface area contributed by atoms with Gasteiger partial charge in [-0.3, -0.25) is 9.59 Å². The van der Waals surface area contributed by atoms with E-state index < -0.39 is 11.0 Å². The lowest BCUT2D eigenvalue weighted by Gasteiger charge is -2.46. The molecule has 1 unspecified atom stereocenters. The summed E-state index contributed by atoms with van der Waals surface area (Å²) in [4.78, 5) is 25.6. The fraction of sp³-hybridized carbons (Fsp3) is 0.862. The van der Waals surface area contributed by atoms with Crippen LogP contribution in [-0.4, -0.2) is 41.3 Å². The van der Waals surface area contributed by atoms with Crippen LogP contribution in [-0.2, 0) is 19.1 Å². The topological polar surface area (TPSA) is 76.1 Å². The van der Waals surface area contributed by atoms with E-state index >= 15 is 0 Å². The number of carbonyl (C=O) groups is 2. The van der Waals surface area contributed by atoms with Gasteiger partial charge in [0.2, 0.25) is 0 Å². The Morgan fingerprint density at radius 1 is 1.21 bits per heavy atom.